The minimum Gasteiger partial charge on any atom is -0.496 e. The number of fused-ring (bicyclic) bond motifs is 2. The fourth-order valence-electron chi connectivity index (χ4n) is 4.38. The Kier molecular flexibility index (Phi) is 7.04. The van der Waals surface area contributed by atoms with Crippen LogP contribution < -0.4 is 19.5 Å². The summed E-state index contributed by atoms with van der Waals surface area (Å²) in [6, 6.07) is 8.08. The van der Waals surface area contributed by atoms with Gasteiger partial charge in [-0.3, -0.25) is 9.48 Å². The van der Waals surface area contributed by atoms with Crippen molar-refractivity contribution in [3.8, 4) is 11.5 Å². The van der Waals surface area contributed by atoms with E-state index in [1.165, 1.54) is 29.5 Å². The Morgan fingerprint density at radius 2 is 1.95 bits per heavy atom. The number of halogens is 1. The Morgan fingerprint density at radius 3 is 2.70 bits per heavy atom. The van der Waals surface area contributed by atoms with Crippen molar-refractivity contribution in [3.05, 3.63) is 71.3 Å². The van der Waals surface area contributed by atoms with Crippen molar-refractivity contribution in [1.29, 1.82) is 0 Å². The van der Waals surface area contributed by atoms with Gasteiger partial charge < -0.3 is 24.0 Å². The molecule has 2 aromatic heterocycles. The average Bonchev–Trinajstić information content (AvgIpc) is 3.64. The first-order valence-electron chi connectivity index (χ1n) is 11.7. The lowest BCUT2D eigenvalue weighted by atomic mass is 10.1. The largest absolute Gasteiger partial charge is 0.496 e. The molecule has 192 valence electrons. The van der Waals surface area contributed by atoms with E-state index in [9.17, 15) is 9.18 Å². The van der Waals surface area contributed by atoms with Crippen LogP contribution in [0.3, 0.4) is 0 Å². The molecule has 0 bridgehead atoms. The number of nitrogens with zero attached hydrogens (tertiary/aromatic N) is 3. The molecule has 1 aliphatic carbocycles. The first-order valence-corrected chi connectivity index (χ1v) is 12.5. The molecule has 1 aliphatic rings. The van der Waals surface area contributed by atoms with Crippen LogP contribution in [0.15, 0.2) is 58.5 Å². The van der Waals surface area contributed by atoms with Crippen molar-refractivity contribution in [3.63, 3.8) is 0 Å². The molecule has 0 spiro atoms. The fraction of sp³-hybridized carbons (Fsp3) is 0.269. The van der Waals surface area contributed by atoms with Crippen molar-refractivity contribution < 1.29 is 23.2 Å². The van der Waals surface area contributed by atoms with Crippen LogP contribution in [0.25, 0.3) is 11.0 Å². The summed E-state index contributed by atoms with van der Waals surface area (Å²) < 4.78 is 34.7. The first kappa shape index (κ1) is 24.7. The molecular weight excluding hydrogens is 497 g/mol. The lowest BCUT2D eigenvalue weighted by Crippen LogP contribution is -2.22. The third kappa shape index (κ3) is 5.26. The van der Waals surface area contributed by atoms with Crippen LogP contribution in [0.4, 0.5) is 10.2 Å². The number of aromatic nitrogens is 3. The van der Waals surface area contributed by atoms with Crippen LogP contribution in [0, 0.1) is 0 Å². The highest BCUT2D eigenvalue weighted by Crippen LogP contribution is 2.39. The maximum absolute atomic E-state index is 12.8. The molecule has 0 saturated heterocycles. The zero-order chi connectivity index (χ0) is 25.9. The molecule has 5 rings (SSSR count). The number of anilines is 1. The van der Waals surface area contributed by atoms with Crippen molar-refractivity contribution in [1.82, 2.24) is 20.3 Å². The molecule has 0 aliphatic heterocycles. The van der Waals surface area contributed by atoms with E-state index < -0.39 is 11.7 Å². The van der Waals surface area contributed by atoms with Gasteiger partial charge in [0.15, 0.2) is 17.2 Å². The zero-order valence-electron chi connectivity index (χ0n) is 20.5. The predicted molar refractivity (Wildman–Crippen MR) is 138 cm³/mol. The van der Waals surface area contributed by atoms with E-state index in [1.807, 2.05) is 12.1 Å². The molecule has 2 aromatic carbocycles. The highest BCUT2D eigenvalue weighted by Gasteiger charge is 2.19. The Morgan fingerprint density at radius 1 is 1.16 bits per heavy atom. The third-order valence-corrected chi connectivity index (χ3v) is 7.02. The van der Waals surface area contributed by atoms with Gasteiger partial charge in [-0.1, -0.05) is 11.7 Å². The maximum Gasteiger partial charge on any atom is 0.279 e. The van der Waals surface area contributed by atoms with Crippen LogP contribution >= 0.6 is 11.9 Å². The van der Waals surface area contributed by atoms with Gasteiger partial charge in [0.2, 0.25) is 0 Å². The molecule has 2 heterocycles. The molecule has 0 unspecified atom stereocenters. The van der Waals surface area contributed by atoms with Crippen LogP contribution in [0.5, 0.6) is 11.5 Å². The molecule has 2 N–H and O–H groups in total. The predicted octanol–water partition coefficient (Wildman–Crippen LogP) is 4.80. The summed E-state index contributed by atoms with van der Waals surface area (Å²) >= 11 is 1.42. The van der Waals surface area contributed by atoms with Gasteiger partial charge >= 0.3 is 0 Å². The number of nitrogens with one attached hydrogen (secondary N) is 2. The summed E-state index contributed by atoms with van der Waals surface area (Å²) in [5.74, 6) is 0.119. The molecule has 37 heavy (non-hydrogen) atoms. The number of methoxy groups -OCH3 is 2. The number of hydrogen-bond acceptors (Lipinski definition) is 8. The van der Waals surface area contributed by atoms with E-state index in [1.54, 1.807) is 31.3 Å². The van der Waals surface area contributed by atoms with Crippen LogP contribution in [0.1, 0.15) is 28.7 Å². The molecule has 0 fully saturated rings. The highest BCUT2D eigenvalue weighted by atomic mass is 32.2. The molecule has 0 saturated carbocycles. The summed E-state index contributed by atoms with van der Waals surface area (Å²) in [7, 11) is 3.27. The van der Waals surface area contributed by atoms with E-state index >= 15 is 0 Å². The number of carbonyl (C=O) groups excluding carboxylic acids is 1. The molecular formula is C26H26FN5O4S. The van der Waals surface area contributed by atoms with E-state index in [0.29, 0.717) is 23.7 Å². The highest BCUT2D eigenvalue weighted by molar-refractivity contribution is 8.00. The number of aryl methyl sites for hydroxylation is 2. The Labute approximate surface area is 217 Å². The van der Waals surface area contributed by atoms with Gasteiger partial charge in [-0.25, -0.2) is 4.39 Å². The van der Waals surface area contributed by atoms with Gasteiger partial charge in [-0.15, -0.1) is 0 Å². The summed E-state index contributed by atoms with van der Waals surface area (Å²) in [6.07, 6.45) is 6.71. The minimum atomic E-state index is -1.03. The van der Waals surface area contributed by atoms with E-state index in [4.69, 9.17) is 14.0 Å². The monoisotopic (exact) mass is 523 g/mol. The van der Waals surface area contributed by atoms with Crippen molar-refractivity contribution >= 4 is 34.6 Å². The Balaban J connectivity index is 1.32. The van der Waals surface area contributed by atoms with Crippen molar-refractivity contribution in [2.24, 2.45) is 0 Å². The molecule has 1 amide bonds. The van der Waals surface area contributed by atoms with Gasteiger partial charge in [0, 0.05) is 18.3 Å². The van der Waals surface area contributed by atoms with Gasteiger partial charge in [0.25, 0.3) is 5.91 Å². The van der Waals surface area contributed by atoms with Gasteiger partial charge in [-0.05, 0) is 72.2 Å². The lowest BCUT2D eigenvalue weighted by molar-refractivity contribution is -0.119. The number of ether oxygens (including phenoxy) is 2. The normalized spacial score (nSPS) is 12.4. The zero-order valence-corrected chi connectivity index (χ0v) is 21.3. The van der Waals surface area contributed by atoms with Gasteiger partial charge in [0.1, 0.15) is 16.9 Å². The van der Waals surface area contributed by atoms with E-state index in [0.717, 1.165) is 40.0 Å². The minimum absolute atomic E-state index is 0.147. The molecule has 0 atom stereocenters. The average molecular weight is 524 g/mol. The van der Waals surface area contributed by atoms with E-state index in [2.05, 4.69) is 39.0 Å². The second kappa shape index (κ2) is 10.6. The Hall–Kier alpha value is -3.99. The van der Waals surface area contributed by atoms with Gasteiger partial charge in [-0.2, -0.15) is 5.10 Å². The Bertz CT molecular complexity index is 1480. The molecule has 0 radical (unpaired) electrons. The fourth-order valence-corrected chi connectivity index (χ4v) is 5.17. The summed E-state index contributed by atoms with van der Waals surface area (Å²) in [5, 5.41) is 11.7. The maximum atomic E-state index is 12.8. The van der Waals surface area contributed by atoms with Crippen molar-refractivity contribution in [2.75, 3.05) is 18.9 Å². The number of carbonyl (C=O) groups is 1. The first-order chi connectivity index (χ1) is 17.9. The third-order valence-electron chi connectivity index (χ3n) is 6.18. The van der Waals surface area contributed by atoms with Crippen LogP contribution in [0.2, 0.25) is 0 Å². The number of amides is 1. The summed E-state index contributed by atoms with van der Waals surface area (Å²) in [4.78, 5) is 12.3. The molecule has 11 heteroatoms. The second-order valence-electron chi connectivity index (χ2n) is 8.67. The van der Waals surface area contributed by atoms with Crippen LogP contribution in [-0.4, -0.2) is 35.1 Å². The van der Waals surface area contributed by atoms with Gasteiger partial charge in [0.05, 0.1) is 31.9 Å². The number of hydrogen-bond donors (Lipinski definition) is 2. The molecule has 4 aromatic rings. The van der Waals surface area contributed by atoms with E-state index in [-0.39, 0.29) is 6.54 Å². The topological polar surface area (TPSA) is 103 Å². The smallest absolute Gasteiger partial charge is 0.279 e. The lowest BCUT2D eigenvalue weighted by Gasteiger charge is -2.12. The quantitative estimate of drug-likeness (QED) is 0.226. The summed E-state index contributed by atoms with van der Waals surface area (Å²) in [6.45, 7) is 3.56. The number of rotatable bonds is 10. The molecule has 9 nitrogen and oxygen atoms in total. The summed E-state index contributed by atoms with van der Waals surface area (Å²) in [5.41, 5.74) is 4.89. The number of benzene rings is 2. The SMILES string of the molecule is C=C(F)C(=O)NCc1cnn(Cc2cc(OC)c3c(NSc4cc5c(cc4OC)CCC5)noc3c2)c1. The standard InChI is InChI=1S/C26H26FN5O4S/c1-15(27)26(33)28-11-17-12-29-32(14-17)13-16-7-21(35-3)24-22(8-16)36-30-25(24)31-37-23-10-19-6-4-5-18(19)9-20(23)34-2/h7-10,12,14H,1,4-6,11,13H2,2-3H3,(H,28,33)(H,30,31). The van der Waals surface area contributed by atoms with Crippen LogP contribution in [-0.2, 0) is 30.7 Å². The van der Waals surface area contributed by atoms with Crippen molar-refractivity contribution in [2.45, 2.75) is 37.2 Å². The second-order valence-corrected chi connectivity index (χ2v) is 9.51.